The maximum absolute atomic E-state index is 10.8. The maximum Gasteiger partial charge on any atom is 0.307 e. The van der Waals surface area contributed by atoms with Crippen LogP contribution >= 0.6 is 0 Å². The summed E-state index contributed by atoms with van der Waals surface area (Å²) in [7, 11) is 0. The Balaban J connectivity index is 4.02. The lowest BCUT2D eigenvalue weighted by molar-refractivity contribution is -0.148. The Kier molecular flexibility index (Phi) is 7.00. The zero-order valence-electron chi connectivity index (χ0n) is 9.39. The molecule has 0 spiro atoms. The smallest absolute Gasteiger partial charge is 0.307 e. The van der Waals surface area contributed by atoms with Crippen LogP contribution in [-0.4, -0.2) is 28.8 Å². The number of ether oxygens (including phenoxy) is 1. The van der Waals surface area contributed by atoms with E-state index < -0.39 is 17.9 Å². The first-order valence-corrected chi connectivity index (χ1v) is 5.14. The number of carboxylic acid groups (broad SMARTS) is 2. The highest BCUT2D eigenvalue weighted by Gasteiger charge is 2.23. The van der Waals surface area contributed by atoms with E-state index in [1.165, 1.54) is 6.26 Å². The van der Waals surface area contributed by atoms with E-state index in [0.717, 1.165) is 0 Å². The molecule has 0 aliphatic carbocycles. The van der Waals surface area contributed by atoms with Gasteiger partial charge in [-0.2, -0.15) is 0 Å². The molecule has 0 heterocycles. The van der Waals surface area contributed by atoms with E-state index in [0.29, 0.717) is 19.4 Å². The lowest BCUT2D eigenvalue weighted by Gasteiger charge is -2.15. The van der Waals surface area contributed by atoms with Gasteiger partial charge >= 0.3 is 11.9 Å². The van der Waals surface area contributed by atoms with Crippen LogP contribution in [0.15, 0.2) is 12.8 Å². The lowest BCUT2D eigenvalue weighted by Crippen LogP contribution is -2.20. The molecule has 2 unspecified atom stereocenters. The third-order valence-electron chi connectivity index (χ3n) is 2.30. The Labute approximate surface area is 94.7 Å². The number of hydrogen-bond acceptors (Lipinski definition) is 3. The lowest BCUT2D eigenvalue weighted by atomic mass is 9.91. The summed E-state index contributed by atoms with van der Waals surface area (Å²) in [6.07, 6.45) is 2.04. The summed E-state index contributed by atoms with van der Waals surface area (Å²) in [5.74, 6) is -2.85. The van der Waals surface area contributed by atoms with Gasteiger partial charge in [-0.25, -0.2) is 0 Å². The molecule has 0 aromatic rings. The summed E-state index contributed by atoms with van der Waals surface area (Å²) in [6.45, 7) is 5.75. The molecule has 0 saturated carbocycles. The number of aliphatic carboxylic acids is 2. The Morgan fingerprint density at radius 3 is 2.50 bits per heavy atom. The van der Waals surface area contributed by atoms with Crippen LogP contribution in [0.5, 0.6) is 0 Å². The molecule has 0 rings (SSSR count). The maximum atomic E-state index is 10.8. The molecule has 92 valence electrons. The van der Waals surface area contributed by atoms with Crippen LogP contribution in [-0.2, 0) is 14.3 Å². The van der Waals surface area contributed by atoms with Gasteiger partial charge in [0, 0.05) is 0 Å². The van der Waals surface area contributed by atoms with E-state index in [4.69, 9.17) is 14.9 Å². The zero-order valence-corrected chi connectivity index (χ0v) is 9.39. The quantitative estimate of drug-likeness (QED) is 0.465. The minimum absolute atomic E-state index is 0.111. The van der Waals surface area contributed by atoms with Crippen molar-refractivity contribution >= 4 is 11.9 Å². The van der Waals surface area contributed by atoms with Gasteiger partial charge in [0.2, 0.25) is 0 Å². The highest BCUT2D eigenvalue weighted by atomic mass is 16.5. The van der Waals surface area contributed by atoms with E-state index >= 15 is 0 Å². The molecule has 0 fully saturated rings. The van der Waals surface area contributed by atoms with Crippen LogP contribution in [0.2, 0.25) is 0 Å². The van der Waals surface area contributed by atoms with Crippen molar-refractivity contribution in [3.8, 4) is 0 Å². The second-order valence-electron chi connectivity index (χ2n) is 3.80. The molecular weight excluding hydrogens is 212 g/mol. The Morgan fingerprint density at radius 1 is 1.44 bits per heavy atom. The fraction of sp³-hybridized carbons (Fsp3) is 0.636. The van der Waals surface area contributed by atoms with Crippen LogP contribution in [0.25, 0.3) is 0 Å². The first kappa shape index (κ1) is 14.5. The summed E-state index contributed by atoms with van der Waals surface area (Å²) in [5.41, 5.74) is 0. The molecule has 0 aromatic carbocycles. The standard InChI is InChI=1S/C11H18O5/c1-3-16-5-4-8(2)6-9(11(14)15)7-10(12)13/h3,8-9H,1,4-7H2,2H3,(H,12,13)(H,14,15). The fourth-order valence-electron chi connectivity index (χ4n) is 1.44. The van der Waals surface area contributed by atoms with Gasteiger partial charge < -0.3 is 14.9 Å². The van der Waals surface area contributed by atoms with E-state index in [1.54, 1.807) is 0 Å². The molecule has 0 radical (unpaired) electrons. The molecule has 2 atom stereocenters. The Morgan fingerprint density at radius 2 is 2.06 bits per heavy atom. The molecule has 0 aliphatic heterocycles. The van der Waals surface area contributed by atoms with E-state index in [9.17, 15) is 9.59 Å². The number of hydrogen-bond donors (Lipinski definition) is 2. The molecule has 16 heavy (non-hydrogen) atoms. The van der Waals surface area contributed by atoms with Crippen molar-refractivity contribution in [1.29, 1.82) is 0 Å². The normalized spacial score (nSPS) is 13.8. The summed E-state index contributed by atoms with van der Waals surface area (Å²) in [6, 6.07) is 0. The first-order valence-electron chi connectivity index (χ1n) is 5.14. The van der Waals surface area contributed by atoms with Crippen LogP contribution < -0.4 is 0 Å². The Hall–Kier alpha value is -1.52. The van der Waals surface area contributed by atoms with Gasteiger partial charge in [-0.1, -0.05) is 13.5 Å². The van der Waals surface area contributed by atoms with Crippen molar-refractivity contribution in [3.05, 3.63) is 12.8 Å². The fourth-order valence-corrected chi connectivity index (χ4v) is 1.44. The molecule has 0 aliphatic rings. The van der Waals surface area contributed by atoms with Crippen molar-refractivity contribution < 1.29 is 24.5 Å². The second-order valence-corrected chi connectivity index (χ2v) is 3.80. The van der Waals surface area contributed by atoms with Crippen molar-refractivity contribution in [1.82, 2.24) is 0 Å². The molecule has 5 heteroatoms. The van der Waals surface area contributed by atoms with Gasteiger partial charge in [-0.05, 0) is 18.8 Å². The summed E-state index contributed by atoms with van der Waals surface area (Å²) < 4.78 is 4.93. The molecule has 0 aromatic heterocycles. The minimum atomic E-state index is -1.08. The molecular formula is C11H18O5. The average Bonchev–Trinajstić information content (AvgIpc) is 2.16. The summed E-state index contributed by atoms with van der Waals surface area (Å²) in [5, 5.41) is 17.4. The first-order chi connectivity index (χ1) is 7.47. The van der Waals surface area contributed by atoms with Crippen molar-refractivity contribution in [2.45, 2.75) is 26.2 Å². The van der Waals surface area contributed by atoms with Gasteiger partial charge in [0.25, 0.3) is 0 Å². The van der Waals surface area contributed by atoms with Gasteiger partial charge in [-0.3, -0.25) is 9.59 Å². The molecule has 2 N–H and O–H groups in total. The van der Waals surface area contributed by atoms with E-state index in [2.05, 4.69) is 6.58 Å². The predicted molar refractivity (Wildman–Crippen MR) is 57.9 cm³/mol. The monoisotopic (exact) mass is 230 g/mol. The SMILES string of the molecule is C=COCCC(C)CC(CC(=O)O)C(=O)O. The van der Waals surface area contributed by atoms with E-state index in [1.807, 2.05) is 6.92 Å². The number of rotatable bonds is 9. The van der Waals surface area contributed by atoms with E-state index in [-0.39, 0.29) is 12.3 Å². The van der Waals surface area contributed by atoms with Crippen molar-refractivity contribution in [2.24, 2.45) is 11.8 Å². The zero-order chi connectivity index (χ0) is 12.6. The second kappa shape index (κ2) is 7.73. The summed E-state index contributed by atoms with van der Waals surface area (Å²) >= 11 is 0. The average molecular weight is 230 g/mol. The summed E-state index contributed by atoms with van der Waals surface area (Å²) in [4.78, 5) is 21.2. The van der Waals surface area contributed by atoms with Gasteiger partial charge in [-0.15, -0.1) is 0 Å². The van der Waals surface area contributed by atoms with Crippen molar-refractivity contribution in [2.75, 3.05) is 6.61 Å². The van der Waals surface area contributed by atoms with Gasteiger partial charge in [0.15, 0.2) is 0 Å². The molecule has 0 bridgehead atoms. The highest BCUT2D eigenvalue weighted by molar-refractivity contribution is 5.77. The Bertz CT molecular complexity index is 249. The molecule has 0 amide bonds. The number of carbonyl (C=O) groups is 2. The number of carboxylic acids is 2. The third kappa shape index (κ3) is 6.86. The molecule has 5 nitrogen and oxygen atoms in total. The highest BCUT2D eigenvalue weighted by Crippen LogP contribution is 2.18. The largest absolute Gasteiger partial charge is 0.502 e. The topological polar surface area (TPSA) is 83.8 Å². The van der Waals surface area contributed by atoms with Gasteiger partial charge in [0.1, 0.15) is 0 Å². The van der Waals surface area contributed by atoms with Crippen LogP contribution in [0.3, 0.4) is 0 Å². The van der Waals surface area contributed by atoms with Crippen LogP contribution in [0.1, 0.15) is 26.2 Å². The predicted octanol–water partition coefficient (Wildman–Crippen LogP) is 1.74. The van der Waals surface area contributed by atoms with Crippen molar-refractivity contribution in [3.63, 3.8) is 0 Å². The van der Waals surface area contributed by atoms with Crippen LogP contribution in [0, 0.1) is 11.8 Å². The van der Waals surface area contributed by atoms with Crippen LogP contribution in [0.4, 0.5) is 0 Å². The third-order valence-corrected chi connectivity index (χ3v) is 2.30. The molecule has 0 saturated heterocycles. The minimum Gasteiger partial charge on any atom is -0.502 e. The van der Waals surface area contributed by atoms with Gasteiger partial charge in [0.05, 0.1) is 25.2 Å².